The Bertz CT molecular complexity index is 1020. The second kappa shape index (κ2) is 7.36. The molecule has 0 spiro atoms. The predicted molar refractivity (Wildman–Crippen MR) is 107 cm³/mol. The number of amides is 1. The number of thiophene rings is 1. The Morgan fingerprint density at radius 1 is 1.37 bits per heavy atom. The minimum atomic E-state index is -0.362. The van der Waals surface area contributed by atoms with Gasteiger partial charge in [0.25, 0.3) is 5.91 Å². The van der Waals surface area contributed by atoms with Crippen molar-refractivity contribution in [2.24, 2.45) is 5.92 Å². The third-order valence-corrected chi connectivity index (χ3v) is 6.60. The lowest BCUT2D eigenvalue weighted by Gasteiger charge is -2.18. The van der Waals surface area contributed by atoms with E-state index in [4.69, 9.17) is 4.74 Å². The summed E-state index contributed by atoms with van der Waals surface area (Å²) >= 11 is 2.78. The SMILES string of the molecule is CCOC(=O)c1c(NC(=O)c2ccc3snnc3c2)sc2c1CC[C@@H](C)C2. The number of nitrogens with zero attached hydrogens (tertiary/aromatic N) is 2. The molecule has 1 atom stereocenters. The van der Waals surface area contributed by atoms with Crippen LogP contribution in [0.1, 0.15) is 51.4 Å². The number of carbonyl (C=O) groups excluding carboxylic acids is 2. The third-order valence-electron chi connectivity index (χ3n) is 4.73. The van der Waals surface area contributed by atoms with E-state index < -0.39 is 0 Å². The third kappa shape index (κ3) is 3.46. The van der Waals surface area contributed by atoms with Gasteiger partial charge in [-0.1, -0.05) is 11.4 Å². The van der Waals surface area contributed by atoms with Crippen molar-refractivity contribution in [3.63, 3.8) is 0 Å². The molecular formula is C19H19N3O3S2. The number of esters is 1. The fourth-order valence-corrected chi connectivity index (χ4v) is 5.29. The molecule has 1 N–H and O–H groups in total. The van der Waals surface area contributed by atoms with Gasteiger partial charge in [0.2, 0.25) is 0 Å². The van der Waals surface area contributed by atoms with Crippen molar-refractivity contribution in [1.29, 1.82) is 0 Å². The minimum Gasteiger partial charge on any atom is -0.462 e. The topological polar surface area (TPSA) is 81.2 Å². The lowest BCUT2D eigenvalue weighted by Crippen LogP contribution is -2.16. The highest BCUT2D eigenvalue weighted by Gasteiger charge is 2.29. The molecule has 27 heavy (non-hydrogen) atoms. The normalized spacial score (nSPS) is 16.1. The Hall–Kier alpha value is -2.32. The highest BCUT2D eigenvalue weighted by Crippen LogP contribution is 2.40. The molecule has 0 radical (unpaired) electrons. The standard InChI is InChI=1S/C19H19N3O3S2/c1-3-25-19(24)16-12-6-4-10(2)8-15(12)26-18(16)20-17(23)11-5-7-14-13(9-11)21-22-27-14/h5,7,9-10H,3-4,6,8H2,1-2H3,(H,20,23)/t10-/m1/s1. The maximum atomic E-state index is 12.8. The molecule has 6 nitrogen and oxygen atoms in total. The molecule has 1 aliphatic rings. The molecule has 0 saturated heterocycles. The first-order chi connectivity index (χ1) is 13.1. The van der Waals surface area contributed by atoms with E-state index in [0.29, 0.717) is 34.2 Å². The zero-order chi connectivity index (χ0) is 19.0. The van der Waals surface area contributed by atoms with Gasteiger partial charge < -0.3 is 10.1 Å². The Morgan fingerprint density at radius 3 is 3.04 bits per heavy atom. The molecule has 1 amide bonds. The first-order valence-corrected chi connectivity index (χ1v) is 10.5. The maximum absolute atomic E-state index is 12.8. The fourth-order valence-electron chi connectivity index (χ4n) is 3.36. The highest BCUT2D eigenvalue weighted by atomic mass is 32.1. The van der Waals surface area contributed by atoms with Crippen molar-refractivity contribution in [3.05, 3.63) is 39.8 Å². The maximum Gasteiger partial charge on any atom is 0.341 e. The zero-order valence-corrected chi connectivity index (χ0v) is 16.7. The van der Waals surface area contributed by atoms with Crippen molar-refractivity contribution >= 4 is 50.0 Å². The van der Waals surface area contributed by atoms with E-state index in [1.54, 1.807) is 19.1 Å². The van der Waals surface area contributed by atoms with Crippen LogP contribution in [-0.2, 0) is 17.6 Å². The summed E-state index contributed by atoms with van der Waals surface area (Å²) in [6.07, 6.45) is 2.81. The van der Waals surface area contributed by atoms with Gasteiger partial charge in [-0.05, 0) is 67.4 Å². The molecule has 140 valence electrons. The van der Waals surface area contributed by atoms with Crippen LogP contribution in [-0.4, -0.2) is 28.1 Å². The number of nitrogens with one attached hydrogen (secondary N) is 1. The molecule has 3 aromatic rings. The van der Waals surface area contributed by atoms with Crippen LogP contribution in [0.3, 0.4) is 0 Å². The van der Waals surface area contributed by atoms with Crippen LogP contribution in [0, 0.1) is 5.92 Å². The van der Waals surface area contributed by atoms with Crippen LogP contribution < -0.4 is 5.32 Å². The van der Waals surface area contributed by atoms with Crippen LogP contribution in [0.15, 0.2) is 18.2 Å². The predicted octanol–water partition coefficient (Wildman–Crippen LogP) is 4.31. The van der Waals surface area contributed by atoms with Crippen molar-refractivity contribution in [3.8, 4) is 0 Å². The summed E-state index contributed by atoms with van der Waals surface area (Å²) in [5.41, 5.74) is 2.74. The first-order valence-electron chi connectivity index (χ1n) is 8.92. The molecule has 2 heterocycles. The highest BCUT2D eigenvalue weighted by molar-refractivity contribution is 7.17. The number of carbonyl (C=O) groups is 2. The Morgan fingerprint density at radius 2 is 2.22 bits per heavy atom. The molecule has 2 aromatic heterocycles. The molecule has 4 rings (SSSR count). The monoisotopic (exact) mass is 401 g/mol. The molecule has 0 unspecified atom stereocenters. The Kier molecular flexibility index (Phi) is 4.92. The van der Waals surface area contributed by atoms with Gasteiger partial charge in [0.05, 0.1) is 16.9 Å². The second-order valence-corrected chi connectivity index (χ2v) is 8.58. The summed E-state index contributed by atoms with van der Waals surface area (Å²) in [7, 11) is 0. The van der Waals surface area contributed by atoms with Gasteiger partial charge in [0.15, 0.2) is 0 Å². The lowest BCUT2D eigenvalue weighted by atomic mass is 9.88. The largest absolute Gasteiger partial charge is 0.462 e. The quantitative estimate of drug-likeness (QED) is 0.659. The van der Waals surface area contributed by atoms with Crippen molar-refractivity contribution in [2.45, 2.75) is 33.1 Å². The number of hydrogen-bond donors (Lipinski definition) is 1. The molecule has 0 saturated carbocycles. The summed E-state index contributed by atoms with van der Waals surface area (Å²) in [5, 5.41) is 7.52. The van der Waals surface area contributed by atoms with Gasteiger partial charge in [-0.15, -0.1) is 16.4 Å². The van der Waals surface area contributed by atoms with Crippen LogP contribution in [0.4, 0.5) is 5.00 Å². The number of benzene rings is 1. The average Bonchev–Trinajstić information content (AvgIpc) is 3.24. The van der Waals surface area contributed by atoms with E-state index in [1.165, 1.54) is 27.7 Å². The Labute approximate surface area is 164 Å². The van der Waals surface area contributed by atoms with Crippen LogP contribution >= 0.6 is 22.9 Å². The molecule has 0 bridgehead atoms. The second-order valence-electron chi connectivity index (χ2n) is 6.69. The minimum absolute atomic E-state index is 0.262. The van der Waals surface area contributed by atoms with E-state index in [2.05, 4.69) is 21.8 Å². The van der Waals surface area contributed by atoms with Gasteiger partial charge >= 0.3 is 5.97 Å². The fraction of sp³-hybridized carbons (Fsp3) is 0.368. The zero-order valence-electron chi connectivity index (χ0n) is 15.1. The van der Waals surface area contributed by atoms with E-state index >= 15 is 0 Å². The number of fused-ring (bicyclic) bond motifs is 2. The summed E-state index contributed by atoms with van der Waals surface area (Å²) in [5.74, 6) is -0.0459. The van der Waals surface area contributed by atoms with E-state index in [1.807, 2.05) is 6.07 Å². The van der Waals surface area contributed by atoms with E-state index in [-0.39, 0.29) is 11.9 Å². The average molecular weight is 402 g/mol. The lowest BCUT2D eigenvalue weighted by molar-refractivity contribution is 0.0526. The Balaban J connectivity index is 1.67. The van der Waals surface area contributed by atoms with E-state index in [0.717, 1.165) is 29.5 Å². The summed E-state index contributed by atoms with van der Waals surface area (Å²) in [4.78, 5) is 26.5. The van der Waals surface area contributed by atoms with Crippen molar-refractivity contribution < 1.29 is 14.3 Å². The molecule has 8 heteroatoms. The van der Waals surface area contributed by atoms with Gasteiger partial charge in [-0.3, -0.25) is 4.79 Å². The van der Waals surface area contributed by atoms with Crippen LogP contribution in [0.5, 0.6) is 0 Å². The van der Waals surface area contributed by atoms with Crippen molar-refractivity contribution in [1.82, 2.24) is 9.59 Å². The number of aromatic nitrogens is 2. The molecule has 1 aromatic carbocycles. The summed E-state index contributed by atoms with van der Waals surface area (Å²) in [6, 6.07) is 5.30. The van der Waals surface area contributed by atoms with Crippen LogP contribution in [0.25, 0.3) is 10.2 Å². The van der Waals surface area contributed by atoms with Crippen molar-refractivity contribution in [2.75, 3.05) is 11.9 Å². The smallest absolute Gasteiger partial charge is 0.341 e. The number of hydrogen-bond acceptors (Lipinski definition) is 7. The summed E-state index contributed by atoms with van der Waals surface area (Å²) in [6.45, 7) is 4.30. The van der Waals surface area contributed by atoms with Gasteiger partial charge in [0, 0.05) is 10.4 Å². The van der Waals surface area contributed by atoms with Gasteiger partial charge in [0.1, 0.15) is 10.5 Å². The number of ether oxygens (including phenoxy) is 1. The molecule has 1 aliphatic carbocycles. The molecule has 0 aliphatic heterocycles. The number of anilines is 1. The van der Waals surface area contributed by atoms with Gasteiger partial charge in [-0.2, -0.15) is 0 Å². The number of rotatable bonds is 4. The molecule has 0 fully saturated rings. The van der Waals surface area contributed by atoms with Gasteiger partial charge in [-0.25, -0.2) is 4.79 Å². The first kappa shape index (κ1) is 18.1. The van der Waals surface area contributed by atoms with E-state index in [9.17, 15) is 9.59 Å². The van der Waals surface area contributed by atoms with Crippen LogP contribution in [0.2, 0.25) is 0 Å². The summed E-state index contributed by atoms with van der Waals surface area (Å²) < 4.78 is 10.1. The molecular weight excluding hydrogens is 382 g/mol.